The van der Waals surface area contributed by atoms with Gasteiger partial charge in [0.15, 0.2) is 0 Å². The van der Waals surface area contributed by atoms with Crippen LogP contribution in [0.25, 0.3) is 0 Å². The van der Waals surface area contributed by atoms with Crippen LogP contribution < -0.4 is 0 Å². The second kappa shape index (κ2) is 25.5. The molecule has 8 rings (SSSR count). The molecular weight excluding hydrogens is 736 g/mol. The van der Waals surface area contributed by atoms with Crippen LogP contribution in [0.15, 0.2) is 218 Å². The monoisotopic (exact) mass is 772 g/mol. The van der Waals surface area contributed by atoms with Gasteiger partial charge in [-0.2, -0.15) is 66.1 Å². The Morgan fingerprint density at radius 2 is 0.630 bits per heavy atom. The van der Waals surface area contributed by atoms with Crippen LogP contribution in [-0.4, -0.2) is 0 Å². The summed E-state index contributed by atoms with van der Waals surface area (Å²) in [6, 6.07) is 72.0. The molecule has 0 amide bonds. The molecule has 0 atom stereocenters. The maximum absolute atomic E-state index is 3.18. The van der Waals surface area contributed by atoms with E-state index >= 15 is 0 Å². The van der Waals surface area contributed by atoms with Gasteiger partial charge in [-0.3, -0.25) is 0 Å². The summed E-state index contributed by atoms with van der Waals surface area (Å²) in [4.78, 5) is 0. The predicted octanol–water partition coefficient (Wildman–Crippen LogP) is 11.2. The summed E-state index contributed by atoms with van der Waals surface area (Å²) in [5.74, 6) is 25.3. The smallest absolute Gasteiger partial charge is 0.0252 e. The summed E-state index contributed by atoms with van der Waals surface area (Å²) in [6.07, 6.45) is 0. The summed E-state index contributed by atoms with van der Waals surface area (Å²) in [7, 11) is 0. The molecule has 0 aliphatic rings. The normalized spacial score (nSPS) is 8.59. The molecule has 0 fully saturated rings. The van der Waals surface area contributed by atoms with Gasteiger partial charge in [-0.25, -0.2) is 12.1 Å². The van der Waals surface area contributed by atoms with E-state index in [0.29, 0.717) is 0 Å². The Labute approximate surface area is 342 Å². The number of hydrogen-bond acceptors (Lipinski definition) is 0. The Kier molecular flexibility index (Phi) is 19.8. The minimum atomic E-state index is 0. The van der Waals surface area contributed by atoms with Gasteiger partial charge in [-0.15, -0.1) is 24.3 Å². The molecule has 268 valence electrons. The second-order valence-corrected chi connectivity index (χ2v) is 11.2. The molecular formula is C52H36Fe2-8. The molecule has 0 aliphatic carbocycles. The van der Waals surface area contributed by atoms with Crippen molar-refractivity contribution in [1.29, 1.82) is 0 Å². The Morgan fingerprint density at radius 1 is 0.315 bits per heavy atom. The van der Waals surface area contributed by atoms with Crippen LogP contribution in [0.3, 0.4) is 0 Å². The quantitative estimate of drug-likeness (QED) is 0.0818. The van der Waals surface area contributed by atoms with Gasteiger partial charge >= 0.3 is 0 Å². The average molecular weight is 773 g/mol. The standard InChI is InChI=1S/2C21H13.2C5H5.2Fe/c2*1-2-7-18(8-3-1)13-15-20-11-6-12-21(17-20)16-14-19-9-4-5-10-19;2*1-2-4-5-3-1;;/h2*1-12,17H;2*1-5H;;/q2*-1;-5;-1;;. The minimum absolute atomic E-state index is 0. The van der Waals surface area contributed by atoms with Crippen molar-refractivity contribution >= 4 is 0 Å². The molecule has 0 saturated carbocycles. The van der Waals surface area contributed by atoms with E-state index in [2.05, 4.69) is 47.4 Å². The van der Waals surface area contributed by atoms with E-state index in [0.717, 1.165) is 44.5 Å². The van der Waals surface area contributed by atoms with Gasteiger partial charge in [0, 0.05) is 56.4 Å². The zero-order valence-corrected chi connectivity index (χ0v) is 31.7. The van der Waals surface area contributed by atoms with Gasteiger partial charge in [-0.05, 0) is 59.7 Å². The molecule has 8 aromatic carbocycles. The minimum Gasteiger partial charge on any atom is -0.748 e. The first kappa shape index (κ1) is 42.0. The van der Waals surface area contributed by atoms with E-state index in [4.69, 9.17) is 0 Å². The summed E-state index contributed by atoms with van der Waals surface area (Å²) in [5.41, 5.74) is 8.04. The van der Waals surface area contributed by atoms with Crippen molar-refractivity contribution in [3.05, 3.63) is 263 Å². The zero-order chi connectivity index (χ0) is 35.7. The number of hydrogen-bond donors (Lipinski definition) is 0. The van der Waals surface area contributed by atoms with Crippen LogP contribution in [0.2, 0.25) is 0 Å². The summed E-state index contributed by atoms with van der Waals surface area (Å²) in [5, 5.41) is 0. The van der Waals surface area contributed by atoms with Gasteiger partial charge < -0.3 is 30.3 Å². The summed E-state index contributed by atoms with van der Waals surface area (Å²) >= 11 is 0. The zero-order valence-electron chi connectivity index (χ0n) is 29.5. The van der Waals surface area contributed by atoms with E-state index < -0.39 is 0 Å². The first-order valence-corrected chi connectivity index (χ1v) is 17.0. The Bertz CT molecular complexity index is 2170. The third-order valence-corrected chi connectivity index (χ3v) is 7.11. The first-order valence-electron chi connectivity index (χ1n) is 17.0. The molecule has 0 aromatic heterocycles. The SMILES string of the molecule is C(#Cc1cccc(C#C[c-]2cccc2)c1)c1ccccc1.C(#Cc1cccc(C#C[c-]2cccc2)c1)c1ccccc1.[Fe].[Fe].[cH-]1[cH-][cH-][cH-][cH-]1.c1cc[cH-]c1. The molecule has 0 saturated heterocycles. The third-order valence-electron chi connectivity index (χ3n) is 7.11. The Hall–Kier alpha value is -6.44. The van der Waals surface area contributed by atoms with Crippen molar-refractivity contribution in [1.82, 2.24) is 0 Å². The Balaban J connectivity index is 0.000000224. The van der Waals surface area contributed by atoms with E-state index in [1.54, 1.807) is 0 Å². The van der Waals surface area contributed by atoms with Gasteiger partial charge in [0.25, 0.3) is 0 Å². The molecule has 0 heterocycles. The molecule has 0 bridgehead atoms. The number of benzene rings is 4. The van der Waals surface area contributed by atoms with E-state index in [9.17, 15) is 0 Å². The first-order chi connectivity index (χ1) is 25.8. The van der Waals surface area contributed by atoms with Crippen molar-refractivity contribution < 1.29 is 34.1 Å². The van der Waals surface area contributed by atoms with Crippen LogP contribution in [0.1, 0.15) is 44.5 Å². The molecule has 0 aliphatic heterocycles. The molecule has 0 radical (unpaired) electrons. The fourth-order valence-electron chi connectivity index (χ4n) is 4.53. The van der Waals surface area contributed by atoms with Crippen LogP contribution in [-0.2, 0) is 34.1 Å². The second-order valence-electron chi connectivity index (χ2n) is 11.2. The van der Waals surface area contributed by atoms with Crippen LogP contribution in [0, 0.1) is 47.4 Å². The molecule has 0 spiro atoms. The van der Waals surface area contributed by atoms with Crippen molar-refractivity contribution in [3.8, 4) is 47.4 Å². The summed E-state index contributed by atoms with van der Waals surface area (Å²) in [6.45, 7) is 0. The van der Waals surface area contributed by atoms with Crippen molar-refractivity contribution in [2.24, 2.45) is 0 Å². The summed E-state index contributed by atoms with van der Waals surface area (Å²) < 4.78 is 0. The molecule has 8 aromatic rings. The van der Waals surface area contributed by atoms with E-state index in [-0.39, 0.29) is 34.1 Å². The third kappa shape index (κ3) is 16.7. The fraction of sp³-hybridized carbons (Fsp3) is 0. The van der Waals surface area contributed by atoms with Gasteiger partial charge in [0.2, 0.25) is 0 Å². The molecule has 0 nitrogen and oxygen atoms in total. The Morgan fingerprint density at radius 3 is 0.963 bits per heavy atom. The van der Waals surface area contributed by atoms with Crippen molar-refractivity contribution in [3.63, 3.8) is 0 Å². The maximum Gasteiger partial charge on any atom is 0.0252 e. The number of rotatable bonds is 0. The molecule has 54 heavy (non-hydrogen) atoms. The van der Waals surface area contributed by atoms with Crippen LogP contribution >= 0.6 is 0 Å². The van der Waals surface area contributed by atoms with Gasteiger partial charge in [0.05, 0.1) is 0 Å². The fourth-order valence-corrected chi connectivity index (χ4v) is 4.53. The van der Waals surface area contributed by atoms with Crippen LogP contribution in [0.4, 0.5) is 0 Å². The topological polar surface area (TPSA) is 0 Å². The van der Waals surface area contributed by atoms with Crippen molar-refractivity contribution in [2.75, 3.05) is 0 Å². The van der Waals surface area contributed by atoms with E-state index in [1.807, 2.05) is 218 Å². The van der Waals surface area contributed by atoms with E-state index in [1.165, 1.54) is 0 Å². The van der Waals surface area contributed by atoms with Gasteiger partial charge in [0.1, 0.15) is 0 Å². The maximum atomic E-state index is 3.18. The largest absolute Gasteiger partial charge is 0.748 e. The molecule has 2 heteroatoms. The predicted molar refractivity (Wildman–Crippen MR) is 218 cm³/mol. The molecule has 0 N–H and O–H groups in total. The van der Waals surface area contributed by atoms with Crippen molar-refractivity contribution in [2.45, 2.75) is 0 Å². The van der Waals surface area contributed by atoms with Crippen LogP contribution in [0.5, 0.6) is 0 Å². The van der Waals surface area contributed by atoms with Gasteiger partial charge in [-0.1, -0.05) is 95.5 Å². The average Bonchev–Trinajstić information content (AvgIpc) is 4.07. The molecule has 0 unspecified atom stereocenters.